The largest absolute Gasteiger partial charge is 0.465 e. The molecule has 0 N–H and O–H groups in total. The first-order chi connectivity index (χ1) is 7.08. The van der Waals surface area contributed by atoms with Crippen LogP contribution >= 0.6 is 8.60 Å². The highest BCUT2D eigenvalue weighted by molar-refractivity contribution is 7.41. The van der Waals surface area contributed by atoms with E-state index in [9.17, 15) is 9.05 Å². The number of benzene rings is 1. The average molecular weight is 236 g/mol. The molecule has 1 rings (SSSR count). The highest BCUT2D eigenvalue weighted by Gasteiger charge is 2.19. The number of aryl methyl sites for hydroxylation is 3. The van der Waals surface area contributed by atoms with Crippen LogP contribution in [0.2, 0.25) is 0 Å². The summed E-state index contributed by atoms with van der Waals surface area (Å²) in [6, 6.07) is 3.68. The Hall–Kier alpha value is -0.770. The van der Waals surface area contributed by atoms with Gasteiger partial charge in [-0.3, -0.25) is 0 Å². The van der Waals surface area contributed by atoms with Crippen LogP contribution in [0.25, 0.3) is 0 Å². The minimum absolute atomic E-state index is 0.377. The Morgan fingerprint density at radius 1 is 1.00 bits per heavy atom. The summed E-state index contributed by atoms with van der Waals surface area (Å²) in [5.74, 6) is 0.377. The van der Waals surface area contributed by atoms with Gasteiger partial charge < -0.3 is 4.52 Å². The molecule has 0 aromatic heterocycles. The highest BCUT2D eigenvalue weighted by atomic mass is 31.2. The lowest BCUT2D eigenvalue weighted by molar-refractivity contribution is -0.0859. The van der Waals surface area contributed by atoms with Crippen LogP contribution in [-0.4, -0.2) is 0 Å². The maximum absolute atomic E-state index is 11.7. The Morgan fingerprint density at radius 3 is 1.87 bits per heavy atom. The fraction of sp³-hybridized carbons (Fsp3) is 0.333. The van der Waals surface area contributed by atoms with Gasteiger partial charge in [-0.1, -0.05) is 27.2 Å². The molecule has 0 fully saturated rings. The van der Waals surface area contributed by atoms with Crippen molar-refractivity contribution < 1.29 is 23.0 Å². The third-order valence-corrected chi connectivity index (χ3v) is 2.44. The average Bonchev–Trinajstić information content (AvgIpc) is 2.17. The molecule has 1 aromatic rings. The van der Waals surface area contributed by atoms with Crippen LogP contribution in [0, 0.1) is 20.8 Å². The summed E-state index contributed by atoms with van der Waals surface area (Å²) < 4.78 is 34.7. The molecule has 3 nitrogen and oxygen atoms in total. The van der Waals surface area contributed by atoms with Crippen molar-refractivity contribution in [2.24, 2.45) is 0 Å². The molecule has 0 amide bonds. The van der Waals surface area contributed by atoms with E-state index < -0.39 is 8.60 Å². The van der Waals surface area contributed by atoms with Crippen molar-refractivity contribution >= 4 is 8.60 Å². The van der Waals surface area contributed by atoms with Gasteiger partial charge in [0.25, 0.3) is 0 Å². The molecule has 0 aliphatic heterocycles. The third-order valence-electron chi connectivity index (χ3n) is 1.88. The van der Waals surface area contributed by atoms with Crippen LogP contribution in [0.3, 0.4) is 0 Å². The Labute approximate surface area is 87.8 Å². The smallest absolute Gasteiger partial charge is 0.423 e. The summed E-state index contributed by atoms with van der Waals surface area (Å²) >= 11 is 0. The van der Waals surface area contributed by atoms with Gasteiger partial charge >= 0.3 is 8.60 Å². The number of rotatable bonds is 4. The molecule has 0 atom stereocenters. The maximum Gasteiger partial charge on any atom is 0.465 e. The Morgan fingerprint density at radius 2 is 1.47 bits per heavy atom. The van der Waals surface area contributed by atoms with Crippen LogP contribution in [-0.2, 0) is 9.46 Å². The summed E-state index contributed by atoms with van der Waals surface area (Å²) in [6.07, 6.45) is 0. The molecule has 0 radical (unpaired) electrons. The van der Waals surface area contributed by atoms with E-state index in [4.69, 9.17) is 4.52 Å². The minimum atomic E-state index is -2.61. The van der Waals surface area contributed by atoms with Gasteiger partial charge in [0.05, 0.1) is 0 Å². The molecule has 0 aliphatic carbocycles. The van der Waals surface area contributed by atoms with Crippen LogP contribution in [0.1, 0.15) is 16.7 Å². The standard InChI is InChI=1S/C9H11F2O3P/c1-6-4-7(2)9(8(3)5-6)12-15(13-10)14-11/h4-5H,1-3H3. The molecule has 84 valence electrons. The van der Waals surface area contributed by atoms with E-state index >= 15 is 0 Å². The molecule has 0 saturated heterocycles. The molecule has 0 heterocycles. The predicted octanol–water partition coefficient (Wildman–Crippen LogP) is 4.02. The monoisotopic (exact) mass is 236 g/mol. The lowest BCUT2D eigenvalue weighted by Crippen LogP contribution is -1.94. The van der Waals surface area contributed by atoms with Crippen LogP contribution in [0.4, 0.5) is 9.05 Å². The number of halogens is 2. The predicted molar refractivity (Wildman–Crippen MR) is 52.6 cm³/mol. The van der Waals surface area contributed by atoms with Gasteiger partial charge in [0.15, 0.2) is 0 Å². The second kappa shape index (κ2) is 5.35. The summed E-state index contributed by atoms with van der Waals surface area (Å²) in [7, 11) is -2.61. The zero-order valence-electron chi connectivity index (χ0n) is 8.58. The number of hydrogen-bond acceptors (Lipinski definition) is 3. The fourth-order valence-electron chi connectivity index (χ4n) is 1.42. The first-order valence-electron chi connectivity index (χ1n) is 4.22. The summed E-state index contributed by atoms with van der Waals surface area (Å²) in [4.78, 5) is 0. The first-order valence-corrected chi connectivity index (χ1v) is 5.31. The Balaban J connectivity index is 2.94. The van der Waals surface area contributed by atoms with Gasteiger partial charge in [-0.15, -0.1) is 0 Å². The second-order valence-corrected chi connectivity index (χ2v) is 4.09. The lowest BCUT2D eigenvalue weighted by Gasteiger charge is -2.13. The van der Waals surface area contributed by atoms with Crippen molar-refractivity contribution in [3.8, 4) is 5.75 Å². The summed E-state index contributed by atoms with van der Waals surface area (Å²) in [6.45, 7) is 5.47. The topological polar surface area (TPSA) is 27.7 Å². The Bertz CT molecular complexity index is 319. The molecular weight excluding hydrogens is 225 g/mol. The first kappa shape index (κ1) is 12.3. The van der Waals surface area contributed by atoms with Gasteiger partial charge in [-0.2, -0.15) is 0 Å². The van der Waals surface area contributed by atoms with Gasteiger partial charge in [0.1, 0.15) is 5.75 Å². The van der Waals surface area contributed by atoms with Crippen LogP contribution in [0.5, 0.6) is 5.75 Å². The molecule has 1 aromatic carbocycles. The van der Waals surface area contributed by atoms with E-state index in [1.807, 2.05) is 19.1 Å². The SMILES string of the molecule is Cc1cc(C)c(OP(OF)OF)c(C)c1. The molecule has 0 bridgehead atoms. The van der Waals surface area contributed by atoms with Gasteiger partial charge in [-0.05, 0) is 41.0 Å². The molecule has 15 heavy (non-hydrogen) atoms. The van der Waals surface area contributed by atoms with Crippen molar-refractivity contribution in [3.63, 3.8) is 0 Å². The molecular formula is C9H11F2O3P. The zero-order valence-corrected chi connectivity index (χ0v) is 9.48. The fourth-order valence-corrected chi connectivity index (χ4v) is 1.94. The second-order valence-electron chi connectivity index (χ2n) is 3.18. The van der Waals surface area contributed by atoms with Crippen LogP contribution < -0.4 is 4.52 Å². The normalized spacial score (nSPS) is 10.8. The van der Waals surface area contributed by atoms with Crippen molar-refractivity contribution in [1.82, 2.24) is 0 Å². The van der Waals surface area contributed by atoms with Gasteiger partial charge in [0.2, 0.25) is 0 Å². The third kappa shape index (κ3) is 3.09. The highest BCUT2D eigenvalue weighted by Crippen LogP contribution is 2.43. The van der Waals surface area contributed by atoms with Crippen molar-refractivity contribution in [3.05, 3.63) is 28.8 Å². The van der Waals surface area contributed by atoms with E-state index in [0.29, 0.717) is 5.75 Å². The molecule has 0 aliphatic rings. The lowest BCUT2D eigenvalue weighted by atomic mass is 10.1. The van der Waals surface area contributed by atoms with E-state index in [1.54, 1.807) is 13.8 Å². The quantitative estimate of drug-likeness (QED) is 0.739. The van der Waals surface area contributed by atoms with E-state index in [1.165, 1.54) is 0 Å². The molecule has 0 spiro atoms. The molecule has 0 unspecified atom stereocenters. The van der Waals surface area contributed by atoms with Gasteiger partial charge in [-0.25, -0.2) is 0 Å². The summed E-state index contributed by atoms with van der Waals surface area (Å²) in [5, 5.41) is 0. The zero-order chi connectivity index (χ0) is 11.4. The van der Waals surface area contributed by atoms with Gasteiger partial charge in [0, 0.05) is 0 Å². The van der Waals surface area contributed by atoms with Crippen molar-refractivity contribution in [1.29, 1.82) is 0 Å². The van der Waals surface area contributed by atoms with Crippen LogP contribution in [0.15, 0.2) is 12.1 Å². The van der Waals surface area contributed by atoms with E-state index in [2.05, 4.69) is 9.46 Å². The van der Waals surface area contributed by atoms with E-state index in [-0.39, 0.29) is 0 Å². The summed E-state index contributed by atoms with van der Waals surface area (Å²) in [5.41, 5.74) is 2.59. The van der Waals surface area contributed by atoms with Crippen molar-refractivity contribution in [2.75, 3.05) is 0 Å². The number of hydrogen-bond donors (Lipinski definition) is 0. The van der Waals surface area contributed by atoms with Crippen molar-refractivity contribution in [2.45, 2.75) is 20.8 Å². The Kier molecular flexibility index (Phi) is 4.39. The minimum Gasteiger partial charge on any atom is -0.423 e. The molecule has 0 saturated carbocycles. The van der Waals surface area contributed by atoms with E-state index in [0.717, 1.165) is 16.7 Å². The molecule has 6 heteroatoms. The maximum atomic E-state index is 11.7.